The van der Waals surface area contributed by atoms with Gasteiger partial charge < -0.3 is 10.5 Å². The van der Waals surface area contributed by atoms with Gasteiger partial charge in [-0.3, -0.25) is 4.90 Å². The molecule has 0 spiro atoms. The van der Waals surface area contributed by atoms with Gasteiger partial charge in [-0.15, -0.1) is 0 Å². The lowest BCUT2D eigenvalue weighted by Gasteiger charge is -2.28. The summed E-state index contributed by atoms with van der Waals surface area (Å²) in [6.45, 7) is 4.81. The Balaban J connectivity index is 2.22. The molecule has 2 unspecified atom stereocenters. The van der Waals surface area contributed by atoms with Gasteiger partial charge in [-0.05, 0) is 36.6 Å². The number of hydrogen-bond acceptors (Lipinski definition) is 3. The van der Waals surface area contributed by atoms with Crippen LogP contribution in [0.1, 0.15) is 23.6 Å². The van der Waals surface area contributed by atoms with Crippen molar-refractivity contribution >= 4 is 11.6 Å². The lowest BCUT2D eigenvalue weighted by Crippen LogP contribution is -2.34. The molecular weight excluding hydrogens is 248 g/mol. The number of hydrogen-bond donors (Lipinski definition) is 1. The summed E-state index contributed by atoms with van der Waals surface area (Å²) in [7, 11) is 1.73. The Labute approximate surface area is 114 Å². The van der Waals surface area contributed by atoms with Gasteiger partial charge in [0, 0.05) is 31.3 Å². The van der Waals surface area contributed by atoms with Gasteiger partial charge in [0.05, 0.1) is 12.6 Å². The highest BCUT2D eigenvalue weighted by Gasteiger charge is 2.33. The number of nitrogens with zero attached hydrogens (tertiary/aromatic N) is 1. The van der Waals surface area contributed by atoms with Gasteiger partial charge in [-0.25, -0.2) is 0 Å². The highest BCUT2D eigenvalue weighted by molar-refractivity contribution is 6.30. The standard InChI is InChI=1S/C14H21ClN2O/c1-10-9-11(15)3-4-12(10)14-13(16)5-6-17(14)7-8-18-2/h3-4,9,13-14H,5-8,16H2,1-2H3. The Morgan fingerprint density at radius 3 is 2.94 bits per heavy atom. The van der Waals surface area contributed by atoms with E-state index in [-0.39, 0.29) is 12.1 Å². The zero-order valence-corrected chi connectivity index (χ0v) is 11.8. The van der Waals surface area contributed by atoms with Crippen LogP contribution in [0.3, 0.4) is 0 Å². The molecule has 1 saturated heterocycles. The number of likely N-dealkylation sites (tertiary alicyclic amines) is 1. The van der Waals surface area contributed by atoms with Crippen molar-refractivity contribution in [2.45, 2.75) is 25.4 Å². The summed E-state index contributed by atoms with van der Waals surface area (Å²) in [5, 5.41) is 0.784. The molecule has 0 aromatic heterocycles. The average Bonchev–Trinajstić information content (AvgIpc) is 2.68. The summed E-state index contributed by atoms with van der Waals surface area (Å²) in [5.41, 5.74) is 8.77. The van der Waals surface area contributed by atoms with Crippen LogP contribution in [0, 0.1) is 6.92 Å². The molecule has 0 saturated carbocycles. The molecule has 4 heteroatoms. The van der Waals surface area contributed by atoms with Crippen LogP contribution in [0.15, 0.2) is 18.2 Å². The van der Waals surface area contributed by atoms with Crippen molar-refractivity contribution in [3.8, 4) is 0 Å². The second-order valence-corrected chi connectivity index (χ2v) is 5.36. The van der Waals surface area contributed by atoms with Crippen molar-refractivity contribution < 1.29 is 4.74 Å². The number of rotatable bonds is 4. The fraction of sp³-hybridized carbons (Fsp3) is 0.571. The van der Waals surface area contributed by atoms with Gasteiger partial charge in [0.1, 0.15) is 0 Å². The molecule has 2 N–H and O–H groups in total. The van der Waals surface area contributed by atoms with Gasteiger partial charge >= 0.3 is 0 Å². The second kappa shape index (κ2) is 6.02. The zero-order chi connectivity index (χ0) is 13.1. The molecule has 0 radical (unpaired) electrons. The molecule has 1 aliphatic heterocycles. The largest absolute Gasteiger partial charge is 0.383 e. The molecule has 1 heterocycles. The van der Waals surface area contributed by atoms with Gasteiger partial charge in [0.15, 0.2) is 0 Å². The van der Waals surface area contributed by atoms with Crippen molar-refractivity contribution in [3.05, 3.63) is 34.3 Å². The van der Waals surface area contributed by atoms with Crippen LogP contribution in [0.5, 0.6) is 0 Å². The Hall–Kier alpha value is -0.610. The molecule has 1 fully saturated rings. The van der Waals surface area contributed by atoms with Crippen molar-refractivity contribution in [2.75, 3.05) is 26.8 Å². The van der Waals surface area contributed by atoms with Crippen LogP contribution < -0.4 is 5.73 Å². The number of aryl methyl sites for hydroxylation is 1. The highest BCUT2D eigenvalue weighted by Crippen LogP contribution is 2.33. The summed E-state index contributed by atoms with van der Waals surface area (Å²) >= 11 is 6.02. The fourth-order valence-corrected chi connectivity index (χ4v) is 2.97. The van der Waals surface area contributed by atoms with Crippen LogP contribution in [-0.4, -0.2) is 37.7 Å². The zero-order valence-electron chi connectivity index (χ0n) is 11.0. The SMILES string of the molecule is COCCN1CCC(N)C1c1ccc(Cl)cc1C. The summed E-state index contributed by atoms with van der Waals surface area (Å²) in [6.07, 6.45) is 1.04. The van der Waals surface area contributed by atoms with Crippen LogP contribution in [0.2, 0.25) is 5.02 Å². The molecule has 0 amide bonds. The van der Waals surface area contributed by atoms with E-state index in [0.717, 1.165) is 31.1 Å². The topological polar surface area (TPSA) is 38.5 Å². The first kappa shape index (κ1) is 13.8. The third kappa shape index (κ3) is 2.86. The van der Waals surface area contributed by atoms with Gasteiger partial charge in [-0.2, -0.15) is 0 Å². The minimum absolute atomic E-state index is 0.196. The van der Waals surface area contributed by atoms with E-state index in [4.69, 9.17) is 22.1 Å². The second-order valence-electron chi connectivity index (χ2n) is 4.93. The first-order valence-electron chi connectivity index (χ1n) is 6.38. The summed E-state index contributed by atoms with van der Waals surface area (Å²) < 4.78 is 5.17. The van der Waals surface area contributed by atoms with E-state index in [1.807, 2.05) is 12.1 Å². The van der Waals surface area contributed by atoms with E-state index in [1.54, 1.807) is 7.11 Å². The Kier molecular flexibility index (Phi) is 4.62. The lowest BCUT2D eigenvalue weighted by molar-refractivity contribution is 0.139. The molecule has 1 aliphatic rings. The minimum atomic E-state index is 0.196. The maximum Gasteiger partial charge on any atom is 0.0589 e. The number of methoxy groups -OCH3 is 1. The minimum Gasteiger partial charge on any atom is -0.383 e. The lowest BCUT2D eigenvalue weighted by atomic mass is 9.96. The van der Waals surface area contributed by atoms with Gasteiger partial charge in [0.2, 0.25) is 0 Å². The molecule has 1 aromatic carbocycles. The molecule has 18 heavy (non-hydrogen) atoms. The summed E-state index contributed by atoms with van der Waals surface area (Å²) in [5.74, 6) is 0. The Morgan fingerprint density at radius 2 is 2.28 bits per heavy atom. The van der Waals surface area contributed by atoms with Crippen LogP contribution in [0.4, 0.5) is 0 Å². The molecule has 2 rings (SSSR count). The van der Waals surface area contributed by atoms with E-state index in [2.05, 4.69) is 17.9 Å². The van der Waals surface area contributed by atoms with Crippen LogP contribution in [-0.2, 0) is 4.74 Å². The number of ether oxygens (including phenoxy) is 1. The first-order valence-corrected chi connectivity index (χ1v) is 6.76. The van der Waals surface area contributed by atoms with Crippen molar-refractivity contribution in [1.82, 2.24) is 4.90 Å². The molecule has 0 aliphatic carbocycles. The van der Waals surface area contributed by atoms with E-state index in [0.29, 0.717) is 0 Å². The Morgan fingerprint density at radius 1 is 1.50 bits per heavy atom. The monoisotopic (exact) mass is 268 g/mol. The third-order valence-corrected chi connectivity index (χ3v) is 3.92. The molecule has 2 atom stereocenters. The average molecular weight is 269 g/mol. The van der Waals surface area contributed by atoms with Crippen molar-refractivity contribution in [1.29, 1.82) is 0 Å². The predicted molar refractivity (Wildman–Crippen MR) is 75.0 cm³/mol. The quantitative estimate of drug-likeness (QED) is 0.911. The van der Waals surface area contributed by atoms with E-state index >= 15 is 0 Å². The van der Waals surface area contributed by atoms with Gasteiger partial charge in [-0.1, -0.05) is 17.7 Å². The predicted octanol–water partition coefficient (Wildman–Crippen LogP) is 2.37. The smallest absolute Gasteiger partial charge is 0.0589 e. The maximum atomic E-state index is 6.26. The number of nitrogens with two attached hydrogens (primary N) is 1. The molecule has 100 valence electrons. The molecule has 1 aromatic rings. The fourth-order valence-electron chi connectivity index (χ4n) is 2.74. The molecule has 3 nitrogen and oxygen atoms in total. The number of benzene rings is 1. The molecule has 0 bridgehead atoms. The summed E-state index contributed by atoms with van der Waals surface area (Å²) in [6, 6.07) is 6.55. The van der Waals surface area contributed by atoms with E-state index in [1.165, 1.54) is 11.1 Å². The first-order chi connectivity index (χ1) is 8.63. The summed E-state index contributed by atoms with van der Waals surface area (Å²) in [4.78, 5) is 2.41. The molecular formula is C14H21ClN2O. The normalized spacial score (nSPS) is 24.7. The van der Waals surface area contributed by atoms with E-state index < -0.39 is 0 Å². The Bertz CT molecular complexity index is 411. The maximum absolute atomic E-state index is 6.26. The van der Waals surface area contributed by atoms with Crippen LogP contribution >= 0.6 is 11.6 Å². The van der Waals surface area contributed by atoms with E-state index in [9.17, 15) is 0 Å². The van der Waals surface area contributed by atoms with Crippen molar-refractivity contribution in [3.63, 3.8) is 0 Å². The number of halogens is 1. The van der Waals surface area contributed by atoms with Gasteiger partial charge in [0.25, 0.3) is 0 Å². The third-order valence-electron chi connectivity index (χ3n) is 3.68. The van der Waals surface area contributed by atoms with Crippen molar-refractivity contribution in [2.24, 2.45) is 5.73 Å². The highest BCUT2D eigenvalue weighted by atomic mass is 35.5. The van der Waals surface area contributed by atoms with Crippen LogP contribution in [0.25, 0.3) is 0 Å².